The fourth-order valence-corrected chi connectivity index (χ4v) is 3.15. The predicted molar refractivity (Wildman–Crippen MR) is 102 cm³/mol. The van der Waals surface area contributed by atoms with E-state index in [0.29, 0.717) is 49.0 Å². The number of carbonyl (C=O) groups is 2. The van der Waals surface area contributed by atoms with E-state index in [1.165, 1.54) is 0 Å². The van der Waals surface area contributed by atoms with E-state index in [1.807, 2.05) is 6.07 Å². The average molecular weight is 394 g/mol. The maximum atomic E-state index is 13.1. The molecule has 1 aromatic heterocycles. The van der Waals surface area contributed by atoms with Gasteiger partial charge in [0.25, 0.3) is 11.8 Å². The van der Waals surface area contributed by atoms with Crippen molar-refractivity contribution in [3.8, 4) is 11.5 Å². The van der Waals surface area contributed by atoms with Gasteiger partial charge in [-0.1, -0.05) is 17.3 Å². The molecule has 2 amide bonds. The number of halogens is 1. The van der Waals surface area contributed by atoms with Crippen LogP contribution in [0.25, 0.3) is 11.5 Å². The number of piperidine rings is 1. The van der Waals surface area contributed by atoms with Gasteiger partial charge in [0.1, 0.15) is 0 Å². The van der Waals surface area contributed by atoms with Crippen molar-refractivity contribution in [2.24, 2.45) is 11.7 Å². The fraction of sp³-hybridized carbons (Fsp3) is 0.444. The molecule has 0 bridgehead atoms. The normalized spacial score (nSPS) is 16.5. The topological polar surface area (TPSA) is 114 Å². The second kappa shape index (κ2) is 9.48. The van der Waals surface area contributed by atoms with E-state index >= 15 is 0 Å². The monoisotopic (exact) mass is 393 g/mol. The van der Waals surface area contributed by atoms with Crippen LogP contribution in [0.5, 0.6) is 0 Å². The molecule has 1 saturated heterocycles. The molecule has 0 saturated carbocycles. The van der Waals surface area contributed by atoms with E-state index in [1.54, 1.807) is 30.0 Å². The summed E-state index contributed by atoms with van der Waals surface area (Å²) in [5, 5.41) is 6.60. The molecule has 1 fully saturated rings. The number of aryl methyl sites for hydroxylation is 1. The molecule has 0 radical (unpaired) electrons. The van der Waals surface area contributed by atoms with Gasteiger partial charge in [0.2, 0.25) is 5.91 Å². The van der Waals surface area contributed by atoms with Crippen LogP contribution in [0.2, 0.25) is 0 Å². The van der Waals surface area contributed by atoms with Gasteiger partial charge in [-0.25, -0.2) is 0 Å². The number of hydrogen-bond donors (Lipinski definition) is 2. The smallest absolute Gasteiger partial charge is 0.258 e. The van der Waals surface area contributed by atoms with Crippen molar-refractivity contribution in [3.63, 3.8) is 0 Å². The second-order valence-corrected chi connectivity index (χ2v) is 6.36. The minimum atomic E-state index is -0.211. The number of aromatic nitrogens is 2. The third-order valence-electron chi connectivity index (χ3n) is 4.44. The highest BCUT2D eigenvalue weighted by atomic mass is 35.5. The number of likely N-dealkylation sites (tertiary alicyclic amines) is 1. The summed E-state index contributed by atoms with van der Waals surface area (Å²) in [7, 11) is 0. The molecule has 1 atom stereocenters. The number of amides is 2. The van der Waals surface area contributed by atoms with Gasteiger partial charge < -0.3 is 20.5 Å². The van der Waals surface area contributed by atoms with E-state index < -0.39 is 0 Å². The van der Waals surface area contributed by atoms with Gasteiger partial charge in [-0.2, -0.15) is 4.98 Å². The summed E-state index contributed by atoms with van der Waals surface area (Å²) in [5.41, 5.74) is 6.54. The van der Waals surface area contributed by atoms with Crippen LogP contribution in [0.3, 0.4) is 0 Å². The predicted octanol–water partition coefficient (Wildman–Crippen LogP) is 1.39. The Morgan fingerprint density at radius 1 is 1.37 bits per heavy atom. The van der Waals surface area contributed by atoms with Gasteiger partial charge in [-0.05, 0) is 31.9 Å². The standard InChI is InChI=1S/C18H23N5O3.ClH/c1-12-21-17(26-22-12)14-6-2-3-7-15(14)18(25)23-10-4-5-13(11-23)16(24)20-9-8-19;/h2-3,6-7,13H,4-5,8-11,19H2,1H3,(H,20,24);1H. The van der Waals surface area contributed by atoms with Crippen molar-refractivity contribution >= 4 is 24.2 Å². The summed E-state index contributed by atoms with van der Waals surface area (Å²) >= 11 is 0. The lowest BCUT2D eigenvalue weighted by Crippen LogP contribution is -2.46. The van der Waals surface area contributed by atoms with Crippen LogP contribution >= 0.6 is 12.4 Å². The van der Waals surface area contributed by atoms with E-state index in [4.69, 9.17) is 10.3 Å². The number of carbonyl (C=O) groups excluding carboxylic acids is 2. The Morgan fingerprint density at radius 3 is 2.85 bits per heavy atom. The number of hydrogen-bond acceptors (Lipinski definition) is 6. The zero-order valence-electron chi connectivity index (χ0n) is 15.2. The molecule has 1 aliphatic rings. The SMILES string of the molecule is Cc1noc(-c2ccccc2C(=O)N2CCCC(C(=O)NCCN)C2)n1.Cl. The molecule has 0 spiro atoms. The van der Waals surface area contributed by atoms with Crippen LogP contribution in [-0.4, -0.2) is 53.0 Å². The third-order valence-corrected chi connectivity index (χ3v) is 4.44. The highest BCUT2D eigenvalue weighted by Gasteiger charge is 2.30. The zero-order valence-corrected chi connectivity index (χ0v) is 16.0. The molecule has 1 aromatic carbocycles. The molecule has 3 N–H and O–H groups in total. The first-order valence-electron chi connectivity index (χ1n) is 8.77. The summed E-state index contributed by atoms with van der Waals surface area (Å²) in [5.74, 6) is 0.441. The van der Waals surface area contributed by atoms with E-state index in [0.717, 1.165) is 12.8 Å². The molecule has 9 heteroatoms. The van der Waals surface area contributed by atoms with Crippen LogP contribution in [0.15, 0.2) is 28.8 Å². The number of rotatable bonds is 5. The number of nitrogens with zero attached hydrogens (tertiary/aromatic N) is 3. The molecular formula is C18H24ClN5O3. The maximum absolute atomic E-state index is 13.1. The van der Waals surface area contributed by atoms with Crippen LogP contribution in [0.1, 0.15) is 29.0 Å². The third kappa shape index (κ3) is 4.84. The van der Waals surface area contributed by atoms with Crippen molar-refractivity contribution in [2.75, 3.05) is 26.2 Å². The Bertz CT molecular complexity index is 795. The molecule has 146 valence electrons. The minimum Gasteiger partial charge on any atom is -0.355 e. The van der Waals surface area contributed by atoms with Crippen LogP contribution in [0, 0.1) is 12.8 Å². The van der Waals surface area contributed by atoms with Gasteiger partial charge in [0.15, 0.2) is 5.82 Å². The van der Waals surface area contributed by atoms with Gasteiger partial charge in [-0.15, -0.1) is 12.4 Å². The lowest BCUT2D eigenvalue weighted by atomic mass is 9.96. The largest absolute Gasteiger partial charge is 0.355 e. The summed E-state index contributed by atoms with van der Waals surface area (Å²) in [6, 6.07) is 7.16. The van der Waals surface area contributed by atoms with Crippen molar-refractivity contribution in [1.82, 2.24) is 20.4 Å². The fourth-order valence-electron chi connectivity index (χ4n) is 3.15. The Labute approximate surface area is 163 Å². The average Bonchev–Trinajstić information content (AvgIpc) is 3.11. The number of nitrogens with two attached hydrogens (primary N) is 1. The van der Waals surface area contributed by atoms with Gasteiger partial charge in [-0.3, -0.25) is 9.59 Å². The van der Waals surface area contributed by atoms with Crippen LogP contribution in [-0.2, 0) is 4.79 Å². The number of benzene rings is 1. The zero-order chi connectivity index (χ0) is 18.5. The molecule has 27 heavy (non-hydrogen) atoms. The molecular weight excluding hydrogens is 370 g/mol. The molecule has 2 heterocycles. The molecule has 1 unspecified atom stereocenters. The quantitative estimate of drug-likeness (QED) is 0.793. The molecule has 1 aliphatic heterocycles. The Balaban J connectivity index is 0.00000261. The first kappa shape index (κ1) is 20.9. The first-order valence-corrected chi connectivity index (χ1v) is 8.77. The molecule has 8 nitrogen and oxygen atoms in total. The summed E-state index contributed by atoms with van der Waals surface area (Å²) in [6.07, 6.45) is 1.55. The van der Waals surface area contributed by atoms with E-state index in [2.05, 4.69) is 15.5 Å². The second-order valence-electron chi connectivity index (χ2n) is 6.36. The maximum Gasteiger partial charge on any atom is 0.258 e. The summed E-state index contributed by atoms with van der Waals surface area (Å²) in [4.78, 5) is 31.2. The minimum absolute atomic E-state index is 0. The molecule has 3 rings (SSSR count). The van der Waals surface area contributed by atoms with E-state index in [-0.39, 0.29) is 30.1 Å². The van der Waals surface area contributed by atoms with Gasteiger partial charge in [0, 0.05) is 26.2 Å². The van der Waals surface area contributed by atoms with Crippen molar-refractivity contribution in [1.29, 1.82) is 0 Å². The van der Waals surface area contributed by atoms with Gasteiger partial charge >= 0.3 is 0 Å². The van der Waals surface area contributed by atoms with E-state index in [9.17, 15) is 9.59 Å². The first-order chi connectivity index (χ1) is 12.6. The van der Waals surface area contributed by atoms with Gasteiger partial charge in [0.05, 0.1) is 17.0 Å². The Hall–Kier alpha value is -2.45. The lowest BCUT2D eigenvalue weighted by molar-refractivity contribution is -0.126. The molecule has 0 aliphatic carbocycles. The van der Waals surface area contributed by atoms with Crippen molar-refractivity contribution in [3.05, 3.63) is 35.7 Å². The van der Waals surface area contributed by atoms with Crippen molar-refractivity contribution in [2.45, 2.75) is 19.8 Å². The lowest BCUT2D eigenvalue weighted by Gasteiger charge is -2.32. The summed E-state index contributed by atoms with van der Waals surface area (Å²) < 4.78 is 5.22. The van der Waals surface area contributed by atoms with Crippen LogP contribution < -0.4 is 11.1 Å². The highest BCUT2D eigenvalue weighted by molar-refractivity contribution is 6.00. The summed E-state index contributed by atoms with van der Waals surface area (Å²) in [6.45, 7) is 3.59. The highest BCUT2D eigenvalue weighted by Crippen LogP contribution is 2.25. The Morgan fingerprint density at radius 2 is 2.15 bits per heavy atom. The Kier molecular flexibility index (Phi) is 7.32. The van der Waals surface area contributed by atoms with Crippen LogP contribution in [0.4, 0.5) is 0 Å². The number of nitrogens with one attached hydrogen (secondary N) is 1. The van der Waals surface area contributed by atoms with Crippen molar-refractivity contribution < 1.29 is 14.1 Å². The molecule has 2 aromatic rings.